The predicted octanol–water partition coefficient (Wildman–Crippen LogP) is 4.67. The van der Waals surface area contributed by atoms with Gasteiger partial charge in [0, 0.05) is 36.9 Å². The van der Waals surface area contributed by atoms with E-state index >= 15 is 0 Å². The Morgan fingerprint density at radius 2 is 1.85 bits per heavy atom. The number of aliphatic hydroxyl groups is 2. The third kappa shape index (κ3) is 10.6. The van der Waals surface area contributed by atoms with Crippen molar-refractivity contribution in [3.8, 4) is 0 Å². The van der Waals surface area contributed by atoms with Crippen LogP contribution in [0.15, 0.2) is 42.3 Å². The van der Waals surface area contributed by atoms with Gasteiger partial charge in [-0.2, -0.15) is 0 Å². The number of carbonyl (C=O) groups is 2. The number of likely N-dealkylation sites (N-methyl/N-ethyl adjacent to an activating group) is 1. The molecule has 1 aromatic rings. The van der Waals surface area contributed by atoms with Gasteiger partial charge in [-0.05, 0) is 105 Å². The number of fused-ring (bicyclic) bond motifs is 15. The number of aromatic nitrogens is 1. The number of esters is 1. The topological polar surface area (TPSA) is 140 Å². The van der Waals surface area contributed by atoms with Crippen LogP contribution >= 0.6 is 0 Å². The number of Topliss-reactive ketones (excluding diaryl/α,β-unsaturated/α-hetero) is 1. The minimum atomic E-state index is -1.59. The zero-order chi connectivity index (χ0) is 40.0. The molecule has 0 spiro atoms. The fraction of sp³-hybridized carbons (Fsp3) is 0.738. The monoisotopic (exact) mass is 757 g/mol. The third-order valence-corrected chi connectivity index (χ3v) is 11.8. The van der Waals surface area contributed by atoms with Gasteiger partial charge in [0.25, 0.3) is 0 Å². The molecule has 0 aliphatic carbocycles. The Labute approximate surface area is 323 Å². The highest BCUT2D eigenvalue weighted by molar-refractivity contribution is 6.00. The standard InChI is InChI=1S/C42H67N3O9/c1-12-34-42(8,49)37-26(2)23-45(11)27(3)21-41(7,51-25-32(24-50-37)17-14-13-16-31-18-15-19-43-22-31)38(29(5)35(46)30(6)39(48)53-34)54-40-36(47)33(44(9)10)20-28(4)52-40/h13,15-19,22,26-30,33-34,36-38,40,47,49H,12,14,20-21,23-25H2,1-11H3/b16-13+,32-17+/t26-,27+,28+,29-,30+,33-,34+,36+,37-,38+,40-,41+,42+/m0/s1. The molecular formula is C42H67N3O9. The Morgan fingerprint density at radius 3 is 2.50 bits per heavy atom. The molecule has 0 aromatic carbocycles. The first-order chi connectivity index (χ1) is 25.4. The molecule has 12 heteroatoms. The van der Waals surface area contributed by atoms with Gasteiger partial charge in [-0.3, -0.25) is 14.6 Å². The molecule has 4 saturated heterocycles. The molecule has 2 bridgehead atoms. The summed E-state index contributed by atoms with van der Waals surface area (Å²) in [5.41, 5.74) is -0.886. The van der Waals surface area contributed by atoms with E-state index in [0.29, 0.717) is 32.2 Å². The van der Waals surface area contributed by atoms with Crippen molar-refractivity contribution < 1.29 is 43.5 Å². The summed E-state index contributed by atoms with van der Waals surface area (Å²) in [7, 11) is 5.85. The van der Waals surface area contributed by atoms with E-state index in [0.717, 1.165) is 11.1 Å². The van der Waals surface area contributed by atoms with Crippen molar-refractivity contribution in [1.82, 2.24) is 14.8 Å². The van der Waals surface area contributed by atoms with Gasteiger partial charge < -0.3 is 43.7 Å². The van der Waals surface area contributed by atoms with E-state index in [9.17, 15) is 19.8 Å². The minimum Gasteiger partial charge on any atom is -0.459 e. The van der Waals surface area contributed by atoms with E-state index in [1.54, 1.807) is 26.2 Å². The maximum atomic E-state index is 14.4. The van der Waals surface area contributed by atoms with E-state index in [2.05, 4.69) is 22.9 Å². The van der Waals surface area contributed by atoms with Crippen LogP contribution in [-0.4, -0.2) is 138 Å². The van der Waals surface area contributed by atoms with Gasteiger partial charge in [0.1, 0.15) is 23.7 Å². The summed E-state index contributed by atoms with van der Waals surface area (Å²) in [5, 5.41) is 23.9. The molecule has 13 atom stereocenters. The summed E-state index contributed by atoms with van der Waals surface area (Å²) in [6, 6.07) is 3.55. The smallest absolute Gasteiger partial charge is 0.316 e. The summed E-state index contributed by atoms with van der Waals surface area (Å²) in [6.07, 6.45) is 6.68. The number of allylic oxidation sites excluding steroid dienone is 2. The number of hydrogen-bond acceptors (Lipinski definition) is 12. The number of carbonyl (C=O) groups excluding carboxylic acids is 2. The predicted molar refractivity (Wildman–Crippen MR) is 207 cm³/mol. The lowest BCUT2D eigenvalue weighted by Gasteiger charge is -2.48. The summed E-state index contributed by atoms with van der Waals surface area (Å²) < 4.78 is 32.8. The molecule has 4 fully saturated rings. The Morgan fingerprint density at radius 1 is 1.13 bits per heavy atom. The van der Waals surface area contributed by atoms with Crippen molar-refractivity contribution >= 4 is 17.8 Å². The molecule has 0 amide bonds. The number of nitrogens with zero attached hydrogens (tertiary/aromatic N) is 3. The lowest BCUT2D eigenvalue weighted by atomic mass is 9.79. The van der Waals surface area contributed by atoms with Crippen molar-refractivity contribution in [1.29, 1.82) is 0 Å². The Hall–Kier alpha value is -2.55. The van der Waals surface area contributed by atoms with Gasteiger partial charge in [-0.15, -0.1) is 0 Å². The Kier molecular flexibility index (Phi) is 15.6. The first kappa shape index (κ1) is 44.2. The quantitative estimate of drug-likeness (QED) is 0.227. The average Bonchev–Trinajstić information content (AvgIpc) is 3.12. The van der Waals surface area contributed by atoms with E-state index in [1.165, 1.54) is 6.92 Å². The second kappa shape index (κ2) is 19.1. The molecule has 5 heterocycles. The Balaban J connectivity index is 1.86. The van der Waals surface area contributed by atoms with E-state index in [1.807, 2.05) is 78.0 Å². The normalized spacial score (nSPS) is 40.6. The molecule has 0 saturated carbocycles. The van der Waals surface area contributed by atoms with Crippen LogP contribution < -0.4 is 0 Å². The highest BCUT2D eigenvalue weighted by atomic mass is 16.7. The van der Waals surface area contributed by atoms with Gasteiger partial charge in [0.2, 0.25) is 0 Å². The van der Waals surface area contributed by atoms with Gasteiger partial charge in [0.05, 0.1) is 37.1 Å². The summed E-state index contributed by atoms with van der Waals surface area (Å²) in [4.78, 5) is 36.6. The van der Waals surface area contributed by atoms with Gasteiger partial charge in [-0.25, -0.2) is 0 Å². The summed E-state index contributed by atoms with van der Waals surface area (Å²) in [6.45, 7) is 15.7. The second-order valence-corrected chi connectivity index (χ2v) is 16.7. The first-order valence-corrected chi connectivity index (χ1v) is 19.7. The van der Waals surface area contributed by atoms with Crippen molar-refractivity contribution in [2.24, 2.45) is 17.8 Å². The molecule has 0 unspecified atom stereocenters. The molecule has 54 heavy (non-hydrogen) atoms. The second-order valence-electron chi connectivity index (χ2n) is 16.7. The zero-order valence-electron chi connectivity index (χ0n) is 34.4. The van der Waals surface area contributed by atoms with Crippen LogP contribution in [0.25, 0.3) is 6.08 Å². The van der Waals surface area contributed by atoms with Crippen molar-refractivity contribution in [2.75, 3.05) is 40.9 Å². The molecular weight excluding hydrogens is 690 g/mol. The number of ether oxygens (including phenoxy) is 5. The largest absolute Gasteiger partial charge is 0.459 e. The van der Waals surface area contributed by atoms with Crippen LogP contribution in [0.1, 0.15) is 86.6 Å². The van der Waals surface area contributed by atoms with Gasteiger partial charge in [-0.1, -0.05) is 45.1 Å². The maximum Gasteiger partial charge on any atom is 0.316 e. The van der Waals surface area contributed by atoms with Crippen molar-refractivity contribution in [3.05, 3.63) is 47.8 Å². The summed E-state index contributed by atoms with van der Waals surface area (Å²) in [5.74, 6) is -3.35. The molecule has 4 aliphatic heterocycles. The van der Waals surface area contributed by atoms with Gasteiger partial charge >= 0.3 is 5.97 Å². The van der Waals surface area contributed by atoms with Gasteiger partial charge in [0.15, 0.2) is 12.1 Å². The number of pyridine rings is 1. The molecule has 0 radical (unpaired) electrons. The SMILES string of the molecule is CC[C@H]1OC(=O)[C@H](C)C(=O)[C@H](C)[C@@H](O[C@@H]2O[C@H](C)C[C@H](N(C)C)[C@H]2O)[C@@]2(C)C[C@@H](C)N(C)C[C@H](C)[C@H](OC/C(=C\C/C=C/c3cccnc3)CO2)[C@]1(C)O. The average molecular weight is 758 g/mol. The van der Waals surface area contributed by atoms with Crippen LogP contribution in [-0.2, 0) is 33.3 Å². The number of ketones is 1. The van der Waals surface area contributed by atoms with E-state index < -0.39 is 59.7 Å². The molecule has 4 aliphatic rings. The zero-order valence-corrected chi connectivity index (χ0v) is 34.4. The number of hydrogen-bond donors (Lipinski definition) is 2. The third-order valence-electron chi connectivity index (χ3n) is 11.8. The van der Waals surface area contributed by atoms with Crippen LogP contribution in [0.5, 0.6) is 0 Å². The molecule has 2 N–H and O–H groups in total. The van der Waals surface area contributed by atoms with E-state index in [4.69, 9.17) is 23.7 Å². The lowest BCUT2D eigenvalue weighted by Crippen LogP contribution is -2.60. The molecule has 304 valence electrons. The van der Waals surface area contributed by atoms with Crippen LogP contribution in [0.2, 0.25) is 0 Å². The first-order valence-electron chi connectivity index (χ1n) is 19.7. The van der Waals surface area contributed by atoms with Crippen LogP contribution in [0.3, 0.4) is 0 Å². The van der Waals surface area contributed by atoms with Crippen molar-refractivity contribution in [3.63, 3.8) is 0 Å². The highest BCUT2D eigenvalue weighted by Crippen LogP contribution is 2.38. The highest BCUT2D eigenvalue weighted by Gasteiger charge is 2.51. The fourth-order valence-electron chi connectivity index (χ4n) is 8.46. The molecule has 5 rings (SSSR count). The maximum absolute atomic E-state index is 14.4. The van der Waals surface area contributed by atoms with Crippen LogP contribution in [0.4, 0.5) is 0 Å². The molecule has 12 nitrogen and oxygen atoms in total. The van der Waals surface area contributed by atoms with Crippen molar-refractivity contribution in [2.45, 2.75) is 141 Å². The van der Waals surface area contributed by atoms with E-state index in [-0.39, 0.29) is 43.1 Å². The number of aliphatic hydroxyl groups excluding tert-OH is 1. The van der Waals surface area contributed by atoms with Crippen LogP contribution in [0, 0.1) is 17.8 Å². The molecule has 1 aromatic heterocycles. The fourth-order valence-corrected chi connectivity index (χ4v) is 8.46. The Bertz CT molecular complexity index is 1440. The number of rotatable bonds is 7. The summed E-state index contributed by atoms with van der Waals surface area (Å²) >= 11 is 0. The lowest BCUT2D eigenvalue weighted by molar-refractivity contribution is -0.297. The minimum absolute atomic E-state index is 0.0845.